The molecule has 0 aromatic rings. The van der Waals surface area contributed by atoms with Crippen molar-refractivity contribution in [3.63, 3.8) is 0 Å². The quantitative estimate of drug-likeness (QED) is 0.769. The van der Waals surface area contributed by atoms with E-state index >= 15 is 0 Å². The molecule has 0 radical (unpaired) electrons. The molecule has 2 heterocycles. The molecule has 3 aliphatic rings. The summed E-state index contributed by atoms with van der Waals surface area (Å²) in [6.07, 6.45) is 11.5. The first-order valence-corrected chi connectivity index (χ1v) is 8.68. The molecule has 19 heavy (non-hydrogen) atoms. The highest BCUT2D eigenvalue weighted by molar-refractivity contribution is 4.93. The summed E-state index contributed by atoms with van der Waals surface area (Å²) in [5.41, 5.74) is 0.629. The fourth-order valence-corrected chi connectivity index (χ4v) is 4.77. The van der Waals surface area contributed by atoms with Crippen molar-refractivity contribution in [2.45, 2.75) is 77.3 Å². The first kappa shape index (κ1) is 13.9. The Bertz CT molecular complexity index is 296. The minimum atomic E-state index is 0.629. The molecule has 0 amide bonds. The standard InChI is InChI=1S/C17H32N2/c1-3-15-12-18-11-7-4-8-16(18)13-19(15)14-17(2)9-5-6-10-17/h15-16H,3-14H2,1-2H3. The van der Waals surface area contributed by atoms with E-state index in [1.165, 1.54) is 77.5 Å². The first-order valence-electron chi connectivity index (χ1n) is 8.68. The zero-order chi connectivity index (χ0) is 13.3. The van der Waals surface area contributed by atoms with Crippen molar-refractivity contribution in [2.75, 3.05) is 26.2 Å². The van der Waals surface area contributed by atoms with Crippen molar-refractivity contribution < 1.29 is 0 Å². The summed E-state index contributed by atoms with van der Waals surface area (Å²) in [4.78, 5) is 5.67. The predicted octanol–water partition coefficient (Wildman–Crippen LogP) is 3.52. The highest BCUT2D eigenvalue weighted by Gasteiger charge is 2.38. The summed E-state index contributed by atoms with van der Waals surface area (Å²) >= 11 is 0. The zero-order valence-electron chi connectivity index (χ0n) is 13.0. The molecule has 0 bridgehead atoms. The van der Waals surface area contributed by atoms with Crippen LogP contribution in [0.3, 0.4) is 0 Å². The van der Waals surface area contributed by atoms with Gasteiger partial charge in [-0.1, -0.05) is 33.1 Å². The van der Waals surface area contributed by atoms with E-state index in [2.05, 4.69) is 23.6 Å². The van der Waals surface area contributed by atoms with Gasteiger partial charge in [0, 0.05) is 31.7 Å². The van der Waals surface area contributed by atoms with Gasteiger partial charge in [-0.05, 0) is 44.1 Å². The number of nitrogens with zero attached hydrogens (tertiary/aromatic N) is 2. The Balaban J connectivity index is 1.65. The molecule has 3 fully saturated rings. The maximum absolute atomic E-state index is 2.87. The van der Waals surface area contributed by atoms with Crippen molar-refractivity contribution in [1.82, 2.24) is 9.80 Å². The molecule has 2 unspecified atom stereocenters. The summed E-state index contributed by atoms with van der Waals surface area (Å²) in [5, 5.41) is 0. The van der Waals surface area contributed by atoms with Crippen LogP contribution in [0.1, 0.15) is 65.2 Å². The average molecular weight is 264 g/mol. The molecule has 0 spiro atoms. The number of hydrogen-bond donors (Lipinski definition) is 0. The first-order chi connectivity index (χ1) is 9.20. The number of piperidine rings is 1. The van der Waals surface area contributed by atoms with Crippen molar-refractivity contribution >= 4 is 0 Å². The van der Waals surface area contributed by atoms with Gasteiger partial charge in [-0.15, -0.1) is 0 Å². The smallest absolute Gasteiger partial charge is 0.0223 e. The summed E-state index contributed by atoms with van der Waals surface area (Å²) in [6, 6.07) is 1.70. The van der Waals surface area contributed by atoms with Crippen LogP contribution in [0, 0.1) is 5.41 Å². The number of hydrogen-bond acceptors (Lipinski definition) is 2. The van der Waals surface area contributed by atoms with Gasteiger partial charge in [0.25, 0.3) is 0 Å². The molecular weight excluding hydrogens is 232 g/mol. The second-order valence-electron chi connectivity index (χ2n) is 7.65. The van der Waals surface area contributed by atoms with E-state index in [0.717, 1.165) is 12.1 Å². The monoisotopic (exact) mass is 264 g/mol. The largest absolute Gasteiger partial charge is 0.298 e. The van der Waals surface area contributed by atoms with E-state index in [-0.39, 0.29) is 0 Å². The lowest BCUT2D eigenvalue weighted by Gasteiger charge is -2.50. The fourth-order valence-electron chi connectivity index (χ4n) is 4.77. The average Bonchev–Trinajstić information content (AvgIpc) is 2.84. The minimum Gasteiger partial charge on any atom is -0.298 e. The molecule has 2 saturated heterocycles. The Kier molecular flexibility index (Phi) is 4.19. The van der Waals surface area contributed by atoms with E-state index in [1.54, 1.807) is 0 Å². The van der Waals surface area contributed by atoms with E-state index in [4.69, 9.17) is 0 Å². The number of rotatable bonds is 3. The lowest BCUT2D eigenvalue weighted by molar-refractivity contribution is -0.0109. The van der Waals surface area contributed by atoms with E-state index in [9.17, 15) is 0 Å². The van der Waals surface area contributed by atoms with E-state index in [0.29, 0.717) is 5.41 Å². The molecule has 0 aromatic carbocycles. The lowest BCUT2D eigenvalue weighted by atomic mass is 9.86. The van der Waals surface area contributed by atoms with Crippen LogP contribution in [0.4, 0.5) is 0 Å². The highest BCUT2D eigenvalue weighted by Crippen LogP contribution is 2.39. The number of piperazine rings is 1. The van der Waals surface area contributed by atoms with Crippen LogP contribution in [0.25, 0.3) is 0 Å². The van der Waals surface area contributed by atoms with Gasteiger partial charge in [-0.25, -0.2) is 0 Å². The van der Waals surface area contributed by atoms with Gasteiger partial charge in [0.1, 0.15) is 0 Å². The van der Waals surface area contributed by atoms with Crippen LogP contribution in [0.5, 0.6) is 0 Å². The van der Waals surface area contributed by atoms with Gasteiger partial charge in [0.15, 0.2) is 0 Å². The zero-order valence-corrected chi connectivity index (χ0v) is 13.0. The van der Waals surface area contributed by atoms with Crippen LogP contribution in [0.2, 0.25) is 0 Å². The normalized spacial score (nSPS) is 36.3. The summed E-state index contributed by atoms with van der Waals surface area (Å²) in [5.74, 6) is 0. The third kappa shape index (κ3) is 3.00. The van der Waals surface area contributed by atoms with Gasteiger partial charge in [0.05, 0.1) is 0 Å². The SMILES string of the molecule is CCC1CN2CCCCC2CN1CC1(C)CCCC1. The second kappa shape index (κ2) is 5.73. The Morgan fingerprint density at radius 1 is 1.05 bits per heavy atom. The van der Waals surface area contributed by atoms with Crippen molar-refractivity contribution in [1.29, 1.82) is 0 Å². The molecule has 0 aromatic heterocycles. The van der Waals surface area contributed by atoms with E-state index in [1.807, 2.05) is 0 Å². The van der Waals surface area contributed by atoms with Crippen molar-refractivity contribution in [3.05, 3.63) is 0 Å². The maximum atomic E-state index is 2.87. The third-order valence-electron chi connectivity index (χ3n) is 6.02. The Morgan fingerprint density at radius 2 is 1.84 bits per heavy atom. The van der Waals surface area contributed by atoms with Crippen molar-refractivity contribution in [2.24, 2.45) is 5.41 Å². The molecule has 1 saturated carbocycles. The van der Waals surface area contributed by atoms with Gasteiger partial charge in [0.2, 0.25) is 0 Å². The Hall–Kier alpha value is -0.0800. The number of fused-ring (bicyclic) bond motifs is 1. The van der Waals surface area contributed by atoms with Gasteiger partial charge in [-0.2, -0.15) is 0 Å². The predicted molar refractivity (Wildman–Crippen MR) is 81.4 cm³/mol. The molecule has 2 atom stereocenters. The van der Waals surface area contributed by atoms with Crippen LogP contribution in [-0.4, -0.2) is 48.1 Å². The molecule has 0 N–H and O–H groups in total. The molecular formula is C17H32N2. The maximum Gasteiger partial charge on any atom is 0.0223 e. The minimum absolute atomic E-state index is 0.629. The van der Waals surface area contributed by atoms with Gasteiger partial charge in [-0.3, -0.25) is 9.80 Å². The van der Waals surface area contributed by atoms with E-state index < -0.39 is 0 Å². The van der Waals surface area contributed by atoms with Gasteiger partial charge >= 0.3 is 0 Å². The summed E-state index contributed by atoms with van der Waals surface area (Å²) in [7, 11) is 0. The fraction of sp³-hybridized carbons (Fsp3) is 1.00. The Labute approximate surface area is 119 Å². The van der Waals surface area contributed by atoms with Crippen LogP contribution >= 0.6 is 0 Å². The lowest BCUT2D eigenvalue weighted by Crippen LogP contribution is -2.60. The van der Waals surface area contributed by atoms with Crippen LogP contribution in [-0.2, 0) is 0 Å². The molecule has 110 valence electrons. The molecule has 2 nitrogen and oxygen atoms in total. The topological polar surface area (TPSA) is 6.48 Å². The summed E-state index contributed by atoms with van der Waals surface area (Å²) in [6.45, 7) is 10.4. The molecule has 2 aliphatic heterocycles. The highest BCUT2D eigenvalue weighted by atomic mass is 15.3. The Morgan fingerprint density at radius 3 is 2.58 bits per heavy atom. The van der Waals surface area contributed by atoms with Crippen LogP contribution < -0.4 is 0 Å². The molecule has 3 rings (SSSR count). The third-order valence-corrected chi connectivity index (χ3v) is 6.02. The summed E-state index contributed by atoms with van der Waals surface area (Å²) < 4.78 is 0. The second-order valence-corrected chi connectivity index (χ2v) is 7.65. The van der Waals surface area contributed by atoms with Crippen LogP contribution in [0.15, 0.2) is 0 Å². The van der Waals surface area contributed by atoms with Gasteiger partial charge < -0.3 is 0 Å². The molecule has 2 heteroatoms. The molecule has 1 aliphatic carbocycles. The van der Waals surface area contributed by atoms with Crippen molar-refractivity contribution in [3.8, 4) is 0 Å².